The van der Waals surface area contributed by atoms with E-state index in [1.165, 1.54) is 18.2 Å². The summed E-state index contributed by atoms with van der Waals surface area (Å²) >= 11 is 0. The number of hydrogen-bond acceptors (Lipinski definition) is 3. The number of hydrogen-bond donors (Lipinski definition) is 1. The van der Waals surface area contributed by atoms with Crippen LogP contribution < -0.4 is 4.31 Å². The smallest absolute Gasteiger partial charge is 0.235 e. The average Bonchev–Trinajstić information content (AvgIpc) is 2.25. The molecular weight excluding hydrogens is 245 g/mol. The molecule has 0 atom stereocenters. The minimum absolute atomic E-state index is 0.0243. The third-order valence-electron chi connectivity index (χ3n) is 2.20. The van der Waals surface area contributed by atoms with Gasteiger partial charge >= 0.3 is 0 Å². The van der Waals surface area contributed by atoms with E-state index in [9.17, 15) is 12.8 Å². The summed E-state index contributed by atoms with van der Waals surface area (Å²) in [6.45, 7) is 1.38. The quantitative estimate of drug-likeness (QED) is 0.841. The van der Waals surface area contributed by atoms with Crippen LogP contribution in [0.2, 0.25) is 0 Å². The van der Waals surface area contributed by atoms with Gasteiger partial charge in [0.05, 0.1) is 24.6 Å². The fourth-order valence-electron chi connectivity index (χ4n) is 1.52. The first kappa shape index (κ1) is 13.9. The second-order valence-electron chi connectivity index (χ2n) is 3.59. The lowest BCUT2D eigenvalue weighted by Gasteiger charge is -2.23. The molecule has 0 saturated heterocycles. The minimum Gasteiger partial charge on any atom is -0.394 e. The first-order chi connectivity index (χ1) is 8.01. The number of benzene rings is 1. The van der Waals surface area contributed by atoms with Gasteiger partial charge in [-0.05, 0) is 24.6 Å². The number of rotatable bonds is 6. The standard InChI is InChI=1S/C11H16FNO3S/c1-2-8-17(15,16)13(6-7-14)11-5-3-4-10(12)9-11/h3-5,9,14H,2,6-8H2,1H3. The highest BCUT2D eigenvalue weighted by atomic mass is 32.2. The highest BCUT2D eigenvalue weighted by Crippen LogP contribution is 2.19. The molecule has 17 heavy (non-hydrogen) atoms. The van der Waals surface area contributed by atoms with Crippen LogP contribution in [0.5, 0.6) is 0 Å². The zero-order valence-electron chi connectivity index (χ0n) is 9.63. The molecule has 0 radical (unpaired) electrons. The molecule has 1 aromatic rings. The van der Waals surface area contributed by atoms with Gasteiger partial charge in [0.15, 0.2) is 0 Å². The lowest BCUT2D eigenvalue weighted by atomic mass is 10.3. The van der Waals surface area contributed by atoms with Gasteiger partial charge in [0.25, 0.3) is 0 Å². The lowest BCUT2D eigenvalue weighted by molar-refractivity contribution is 0.306. The zero-order valence-corrected chi connectivity index (χ0v) is 10.5. The molecule has 0 spiro atoms. The van der Waals surface area contributed by atoms with E-state index in [1.807, 2.05) is 0 Å². The SMILES string of the molecule is CCCS(=O)(=O)N(CCO)c1cccc(F)c1. The van der Waals surface area contributed by atoms with Crippen LogP contribution in [0.4, 0.5) is 10.1 Å². The first-order valence-electron chi connectivity index (χ1n) is 5.38. The number of sulfonamides is 1. The Morgan fingerprint density at radius 3 is 2.65 bits per heavy atom. The van der Waals surface area contributed by atoms with Crippen LogP contribution in [-0.4, -0.2) is 32.4 Å². The maximum Gasteiger partial charge on any atom is 0.235 e. The van der Waals surface area contributed by atoms with Crippen molar-refractivity contribution in [2.45, 2.75) is 13.3 Å². The monoisotopic (exact) mass is 261 g/mol. The summed E-state index contributed by atoms with van der Waals surface area (Å²) < 4.78 is 37.9. The van der Waals surface area contributed by atoms with Gasteiger partial charge in [-0.1, -0.05) is 13.0 Å². The van der Waals surface area contributed by atoms with Crippen molar-refractivity contribution in [2.75, 3.05) is 23.2 Å². The third-order valence-corrected chi connectivity index (χ3v) is 4.19. The van der Waals surface area contributed by atoms with Gasteiger partial charge in [-0.15, -0.1) is 0 Å². The summed E-state index contributed by atoms with van der Waals surface area (Å²) in [7, 11) is -3.50. The maximum atomic E-state index is 13.1. The number of anilines is 1. The van der Waals surface area contributed by atoms with E-state index in [0.29, 0.717) is 6.42 Å². The number of aliphatic hydroxyl groups excluding tert-OH is 1. The van der Waals surface area contributed by atoms with E-state index in [-0.39, 0.29) is 24.6 Å². The second kappa shape index (κ2) is 5.97. The number of nitrogens with zero attached hydrogens (tertiary/aromatic N) is 1. The molecule has 0 fully saturated rings. The Kier molecular flexibility index (Phi) is 4.89. The van der Waals surface area contributed by atoms with Crippen LogP contribution in [0.15, 0.2) is 24.3 Å². The Bertz CT molecular complexity index is 462. The highest BCUT2D eigenvalue weighted by molar-refractivity contribution is 7.92. The molecule has 0 saturated carbocycles. The van der Waals surface area contributed by atoms with Crippen molar-refractivity contribution >= 4 is 15.7 Å². The average molecular weight is 261 g/mol. The van der Waals surface area contributed by atoms with Crippen LogP contribution in [0.1, 0.15) is 13.3 Å². The minimum atomic E-state index is -3.50. The molecule has 0 amide bonds. The van der Waals surface area contributed by atoms with Gasteiger partial charge in [-0.3, -0.25) is 4.31 Å². The summed E-state index contributed by atoms with van der Waals surface area (Å²) in [6.07, 6.45) is 0.472. The van der Waals surface area contributed by atoms with E-state index in [2.05, 4.69) is 0 Å². The molecule has 1 aromatic carbocycles. The third kappa shape index (κ3) is 3.67. The van der Waals surface area contributed by atoms with Gasteiger partial charge in [-0.25, -0.2) is 12.8 Å². The Balaban J connectivity index is 3.09. The molecule has 0 aromatic heterocycles. The van der Waals surface area contributed by atoms with Crippen molar-refractivity contribution in [3.05, 3.63) is 30.1 Å². The Morgan fingerprint density at radius 1 is 1.41 bits per heavy atom. The van der Waals surface area contributed by atoms with Crippen LogP contribution >= 0.6 is 0 Å². The van der Waals surface area contributed by atoms with E-state index in [1.54, 1.807) is 6.92 Å². The highest BCUT2D eigenvalue weighted by Gasteiger charge is 2.21. The van der Waals surface area contributed by atoms with Gasteiger partial charge in [0.1, 0.15) is 5.82 Å². The molecule has 0 unspecified atom stereocenters. The second-order valence-corrected chi connectivity index (χ2v) is 5.60. The van der Waals surface area contributed by atoms with E-state index < -0.39 is 15.8 Å². The summed E-state index contributed by atoms with van der Waals surface area (Å²) in [4.78, 5) is 0. The summed E-state index contributed by atoms with van der Waals surface area (Å²) in [5.41, 5.74) is 0.243. The summed E-state index contributed by atoms with van der Waals surface area (Å²) in [6, 6.07) is 5.33. The molecular formula is C11H16FNO3S. The number of aliphatic hydroxyl groups is 1. The predicted octanol–water partition coefficient (Wildman–Crippen LogP) is 1.36. The van der Waals surface area contributed by atoms with Crippen LogP contribution in [0.25, 0.3) is 0 Å². The lowest BCUT2D eigenvalue weighted by Crippen LogP contribution is -2.35. The molecule has 96 valence electrons. The molecule has 0 aliphatic heterocycles. The van der Waals surface area contributed by atoms with E-state index in [0.717, 1.165) is 10.4 Å². The number of halogens is 1. The van der Waals surface area contributed by atoms with Crippen molar-refractivity contribution in [3.63, 3.8) is 0 Å². The molecule has 0 aliphatic carbocycles. The molecule has 1 rings (SSSR count). The van der Waals surface area contributed by atoms with Crippen LogP contribution in [-0.2, 0) is 10.0 Å². The van der Waals surface area contributed by atoms with Crippen LogP contribution in [0, 0.1) is 5.82 Å². The fraction of sp³-hybridized carbons (Fsp3) is 0.455. The predicted molar refractivity (Wildman–Crippen MR) is 64.9 cm³/mol. The van der Waals surface area contributed by atoms with E-state index in [4.69, 9.17) is 5.11 Å². The van der Waals surface area contributed by atoms with Crippen molar-refractivity contribution in [3.8, 4) is 0 Å². The van der Waals surface area contributed by atoms with Gasteiger partial charge in [0.2, 0.25) is 10.0 Å². The Hall–Kier alpha value is -1.14. The van der Waals surface area contributed by atoms with Crippen molar-refractivity contribution in [1.82, 2.24) is 0 Å². The van der Waals surface area contributed by atoms with Crippen molar-refractivity contribution in [1.29, 1.82) is 0 Å². The van der Waals surface area contributed by atoms with E-state index >= 15 is 0 Å². The maximum absolute atomic E-state index is 13.1. The van der Waals surface area contributed by atoms with Gasteiger partial charge in [0, 0.05) is 0 Å². The molecule has 6 heteroatoms. The van der Waals surface area contributed by atoms with Gasteiger partial charge < -0.3 is 5.11 Å². The van der Waals surface area contributed by atoms with Crippen LogP contribution in [0.3, 0.4) is 0 Å². The normalized spacial score (nSPS) is 11.5. The Labute approximate surface area is 101 Å². The zero-order chi connectivity index (χ0) is 12.9. The first-order valence-corrected chi connectivity index (χ1v) is 6.99. The fourth-order valence-corrected chi connectivity index (χ4v) is 3.05. The topological polar surface area (TPSA) is 57.6 Å². The van der Waals surface area contributed by atoms with Gasteiger partial charge in [-0.2, -0.15) is 0 Å². The molecule has 0 bridgehead atoms. The van der Waals surface area contributed by atoms with Crippen molar-refractivity contribution in [2.24, 2.45) is 0 Å². The Morgan fingerprint density at radius 2 is 2.12 bits per heavy atom. The molecule has 0 heterocycles. The van der Waals surface area contributed by atoms with Crippen molar-refractivity contribution < 1.29 is 17.9 Å². The largest absolute Gasteiger partial charge is 0.394 e. The molecule has 1 N–H and O–H groups in total. The summed E-state index contributed by atoms with van der Waals surface area (Å²) in [5.74, 6) is -0.527. The molecule has 0 aliphatic rings. The summed E-state index contributed by atoms with van der Waals surface area (Å²) in [5, 5.41) is 8.90. The molecule has 4 nitrogen and oxygen atoms in total.